The average Bonchev–Trinajstić information content (AvgIpc) is 2.84. The first-order chi connectivity index (χ1) is 16.0. The average molecular weight is 448 g/mol. The molecule has 3 aromatic rings. The van der Waals surface area contributed by atoms with Gasteiger partial charge in [0.1, 0.15) is 5.75 Å². The summed E-state index contributed by atoms with van der Waals surface area (Å²) in [5.74, 6) is 0.514. The molecule has 33 heavy (non-hydrogen) atoms. The standard InChI is InChI=1S/C24H24N4O5/c1-33-22-14-8-18(9-15-22)23(29)27(20-6-3-2-4-7-20)17-5-16-25-24(30)26-19-10-12-21(13-11-19)28(31)32/h2-4,6-15H,5,16-17H2,1H3,(H2,25,26,30). The van der Waals surface area contributed by atoms with Gasteiger partial charge in [-0.05, 0) is 55.0 Å². The van der Waals surface area contributed by atoms with Crippen LogP contribution >= 0.6 is 0 Å². The lowest BCUT2D eigenvalue weighted by Gasteiger charge is -2.23. The summed E-state index contributed by atoms with van der Waals surface area (Å²) in [6.07, 6.45) is 0.518. The largest absolute Gasteiger partial charge is 0.497 e. The highest BCUT2D eigenvalue weighted by molar-refractivity contribution is 6.06. The number of nitro groups is 1. The highest BCUT2D eigenvalue weighted by Gasteiger charge is 2.17. The van der Waals surface area contributed by atoms with E-state index >= 15 is 0 Å². The number of nitro benzene ring substituents is 1. The third-order valence-electron chi connectivity index (χ3n) is 4.83. The maximum Gasteiger partial charge on any atom is 0.319 e. The first-order valence-electron chi connectivity index (χ1n) is 10.3. The lowest BCUT2D eigenvalue weighted by atomic mass is 10.1. The molecule has 0 aliphatic carbocycles. The summed E-state index contributed by atoms with van der Waals surface area (Å²) in [5.41, 5.74) is 1.68. The number of methoxy groups -OCH3 is 1. The molecule has 0 saturated carbocycles. The second-order valence-electron chi connectivity index (χ2n) is 7.06. The van der Waals surface area contributed by atoms with Crippen LogP contribution in [0.2, 0.25) is 0 Å². The molecule has 0 aromatic heterocycles. The predicted molar refractivity (Wildman–Crippen MR) is 126 cm³/mol. The number of rotatable bonds is 9. The van der Waals surface area contributed by atoms with E-state index in [1.165, 1.54) is 24.3 Å². The van der Waals surface area contributed by atoms with Crippen molar-refractivity contribution >= 4 is 29.0 Å². The van der Waals surface area contributed by atoms with Gasteiger partial charge in [-0.2, -0.15) is 0 Å². The van der Waals surface area contributed by atoms with Gasteiger partial charge in [0.05, 0.1) is 12.0 Å². The molecule has 3 rings (SSSR count). The van der Waals surface area contributed by atoms with E-state index in [1.807, 2.05) is 30.3 Å². The number of urea groups is 1. The number of hydrogen-bond acceptors (Lipinski definition) is 5. The van der Waals surface area contributed by atoms with Gasteiger partial charge in [-0.1, -0.05) is 18.2 Å². The van der Waals surface area contributed by atoms with Crippen molar-refractivity contribution in [1.82, 2.24) is 5.32 Å². The number of non-ortho nitro benzene ring substituents is 1. The van der Waals surface area contributed by atoms with Crippen LogP contribution < -0.4 is 20.3 Å². The van der Waals surface area contributed by atoms with Crippen molar-refractivity contribution in [2.75, 3.05) is 30.4 Å². The summed E-state index contributed by atoms with van der Waals surface area (Å²) in [5, 5.41) is 16.1. The summed E-state index contributed by atoms with van der Waals surface area (Å²) >= 11 is 0. The van der Waals surface area contributed by atoms with Crippen LogP contribution in [0.5, 0.6) is 5.75 Å². The maximum atomic E-state index is 13.1. The number of nitrogens with one attached hydrogen (secondary N) is 2. The van der Waals surface area contributed by atoms with Crippen LogP contribution in [0.1, 0.15) is 16.8 Å². The van der Waals surface area contributed by atoms with E-state index in [2.05, 4.69) is 10.6 Å². The molecule has 0 spiro atoms. The fourth-order valence-electron chi connectivity index (χ4n) is 3.13. The summed E-state index contributed by atoms with van der Waals surface area (Å²) in [7, 11) is 1.57. The molecule has 9 heteroatoms. The fourth-order valence-corrected chi connectivity index (χ4v) is 3.13. The van der Waals surface area contributed by atoms with E-state index in [0.717, 1.165) is 5.69 Å². The van der Waals surface area contributed by atoms with Crippen LogP contribution in [0.4, 0.5) is 21.9 Å². The Balaban J connectivity index is 1.56. The van der Waals surface area contributed by atoms with Crippen molar-refractivity contribution < 1.29 is 19.2 Å². The molecule has 0 bridgehead atoms. The number of nitrogens with zero attached hydrogens (tertiary/aromatic N) is 2. The Morgan fingerprint density at radius 1 is 0.970 bits per heavy atom. The van der Waals surface area contributed by atoms with Crippen molar-refractivity contribution in [3.8, 4) is 5.75 Å². The molecule has 3 aromatic carbocycles. The molecular weight excluding hydrogens is 424 g/mol. The van der Waals surface area contributed by atoms with Crippen molar-refractivity contribution in [3.63, 3.8) is 0 Å². The van der Waals surface area contributed by atoms with Gasteiger partial charge in [-0.15, -0.1) is 0 Å². The molecule has 0 radical (unpaired) electrons. The first-order valence-corrected chi connectivity index (χ1v) is 10.3. The molecule has 0 aliphatic rings. The quantitative estimate of drug-likeness (QED) is 0.285. The number of carbonyl (C=O) groups excluding carboxylic acids is 2. The Hall–Kier alpha value is -4.40. The zero-order chi connectivity index (χ0) is 23.6. The molecule has 0 heterocycles. The van der Waals surface area contributed by atoms with Crippen molar-refractivity contribution in [1.29, 1.82) is 0 Å². The highest BCUT2D eigenvalue weighted by Crippen LogP contribution is 2.19. The smallest absolute Gasteiger partial charge is 0.319 e. The highest BCUT2D eigenvalue weighted by atomic mass is 16.6. The minimum Gasteiger partial charge on any atom is -0.497 e. The lowest BCUT2D eigenvalue weighted by molar-refractivity contribution is -0.384. The zero-order valence-corrected chi connectivity index (χ0v) is 18.1. The number of anilines is 2. The summed E-state index contributed by atoms with van der Waals surface area (Å²) < 4.78 is 5.15. The summed E-state index contributed by atoms with van der Waals surface area (Å²) in [4.78, 5) is 37.1. The van der Waals surface area contributed by atoms with E-state index in [9.17, 15) is 19.7 Å². The molecule has 3 amide bonds. The SMILES string of the molecule is COc1ccc(C(=O)N(CCCNC(=O)Nc2ccc([N+](=O)[O-])cc2)c2ccccc2)cc1. The zero-order valence-electron chi connectivity index (χ0n) is 18.1. The van der Waals surface area contributed by atoms with Crippen LogP contribution in [-0.2, 0) is 0 Å². The molecular formula is C24H24N4O5. The Morgan fingerprint density at radius 2 is 1.64 bits per heavy atom. The predicted octanol–water partition coefficient (Wildman–Crippen LogP) is 4.46. The number of amides is 3. The van der Waals surface area contributed by atoms with Gasteiger partial charge in [0, 0.05) is 42.2 Å². The van der Waals surface area contributed by atoms with E-state index in [1.54, 1.807) is 36.3 Å². The van der Waals surface area contributed by atoms with E-state index in [4.69, 9.17) is 4.74 Å². The molecule has 0 unspecified atom stereocenters. The summed E-state index contributed by atoms with van der Waals surface area (Å²) in [6, 6.07) is 21.3. The lowest BCUT2D eigenvalue weighted by Crippen LogP contribution is -2.35. The molecule has 170 valence electrons. The van der Waals surface area contributed by atoms with Crippen molar-refractivity contribution in [2.45, 2.75) is 6.42 Å². The van der Waals surface area contributed by atoms with Gasteiger partial charge in [0.15, 0.2) is 0 Å². The monoisotopic (exact) mass is 448 g/mol. The second-order valence-corrected chi connectivity index (χ2v) is 7.06. The topological polar surface area (TPSA) is 114 Å². The van der Waals surface area contributed by atoms with Crippen LogP contribution in [0, 0.1) is 10.1 Å². The van der Waals surface area contributed by atoms with Crippen LogP contribution in [0.25, 0.3) is 0 Å². The van der Waals surface area contributed by atoms with Crippen LogP contribution in [0.15, 0.2) is 78.9 Å². The van der Waals surface area contributed by atoms with E-state index in [-0.39, 0.29) is 11.6 Å². The third-order valence-corrected chi connectivity index (χ3v) is 4.83. The van der Waals surface area contributed by atoms with Gasteiger partial charge < -0.3 is 20.3 Å². The van der Waals surface area contributed by atoms with Crippen LogP contribution in [0.3, 0.4) is 0 Å². The minimum atomic E-state index is -0.504. The number of para-hydroxylation sites is 1. The Labute approximate surface area is 191 Å². The van der Waals surface area contributed by atoms with Crippen LogP contribution in [-0.4, -0.2) is 37.1 Å². The number of ether oxygens (including phenoxy) is 1. The van der Waals surface area contributed by atoms with Gasteiger partial charge in [-0.25, -0.2) is 4.79 Å². The van der Waals surface area contributed by atoms with Gasteiger partial charge in [0.2, 0.25) is 0 Å². The number of carbonyl (C=O) groups is 2. The Morgan fingerprint density at radius 3 is 2.24 bits per heavy atom. The molecule has 0 fully saturated rings. The normalized spacial score (nSPS) is 10.2. The molecule has 0 aliphatic heterocycles. The maximum absolute atomic E-state index is 13.1. The third kappa shape index (κ3) is 6.54. The Kier molecular flexibility index (Phi) is 7.96. The molecule has 9 nitrogen and oxygen atoms in total. The molecule has 0 atom stereocenters. The Bertz CT molecular complexity index is 1090. The van der Waals surface area contributed by atoms with Gasteiger partial charge >= 0.3 is 6.03 Å². The second kappa shape index (κ2) is 11.3. The summed E-state index contributed by atoms with van der Waals surface area (Å²) in [6.45, 7) is 0.727. The first kappa shape index (κ1) is 23.3. The fraction of sp³-hybridized carbons (Fsp3) is 0.167. The van der Waals surface area contributed by atoms with E-state index in [0.29, 0.717) is 36.5 Å². The minimum absolute atomic E-state index is 0.0523. The number of benzene rings is 3. The van der Waals surface area contributed by atoms with E-state index < -0.39 is 11.0 Å². The molecule has 2 N–H and O–H groups in total. The van der Waals surface area contributed by atoms with Crippen molar-refractivity contribution in [3.05, 3.63) is 94.5 Å². The van der Waals surface area contributed by atoms with Gasteiger partial charge in [0.25, 0.3) is 11.6 Å². The van der Waals surface area contributed by atoms with Gasteiger partial charge in [-0.3, -0.25) is 14.9 Å². The number of hydrogen-bond donors (Lipinski definition) is 2. The molecule has 0 saturated heterocycles. The van der Waals surface area contributed by atoms with Crippen molar-refractivity contribution in [2.24, 2.45) is 0 Å².